The molecule has 1 aliphatic heterocycles. The molecule has 3 aromatic rings. The Morgan fingerprint density at radius 2 is 2.18 bits per heavy atom. The van der Waals surface area contributed by atoms with Crippen molar-refractivity contribution >= 4 is 10.9 Å². The highest BCUT2D eigenvalue weighted by Gasteiger charge is 2.32. The SMILES string of the molecule is OC1(Cn2ccnc2-c2ccc3ncccc3c2)CCNC1. The normalized spacial score (nSPS) is 21.5. The van der Waals surface area contributed by atoms with Gasteiger partial charge in [0, 0.05) is 36.1 Å². The van der Waals surface area contributed by atoms with Crippen molar-refractivity contribution in [1.82, 2.24) is 19.9 Å². The molecule has 0 aliphatic carbocycles. The van der Waals surface area contributed by atoms with Gasteiger partial charge in [-0.05, 0) is 37.2 Å². The van der Waals surface area contributed by atoms with Gasteiger partial charge in [-0.2, -0.15) is 0 Å². The van der Waals surface area contributed by atoms with Gasteiger partial charge in [0.2, 0.25) is 0 Å². The summed E-state index contributed by atoms with van der Waals surface area (Å²) in [6.45, 7) is 2.05. The van der Waals surface area contributed by atoms with Gasteiger partial charge in [-0.1, -0.05) is 6.07 Å². The Bertz CT molecular complexity index is 805. The molecule has 2 N–H and O–H groups in total. The minimum Gasteiger partial charge on any atom is -0.387 e. The molecule has 0 radical (unpaired) electrons. The van der Waals surface area contributed by atoms with E-state index in [1.165, 1.54) is 0 Å². The number of hydrogen-bond donors (Lipinski definition) is 2. The third-order valence-corrected chi connectivity index (χ3v) is 4.26. The van der Waals surface area contributed by atoms with E-state index in [2.05, 4.69) is 21.4 Å². The number of aliphatic hydroxyl groups is 1. The largest absolute Gasteiger partial charge is 0.387 e. The fourth-order valence-electron chi connectivity index (χ4n) is 3.09. The summed E-state index contributed by atoms with van der Waals surface area (Å²) in [5.74, 6) is 0.881. The van der Waals surface area contributed by atoms with Gasteiger partial charge in [0.05, 0.1) is 17.7 Å². The van der Waals surface area contributed by atoms with Gasteiger partial charge in [-0.3, -0.25) is 4.98 Å². The number of aromatic nitrogens is 3. The summed E-state index contributed by atoms with van der Waals surface area (Å²) in [6, 6.07) is 10.1. The lowest BCUT2D eigenvalue weighted by atomic mass is 10.0. The van der Waals surface area contributed by atoms with Crippen LogP contribution in [0.4, 0.5) is 0 Å². The maximum atomic E-state index is 10.6. The fraction of sp³-hybridized carbons (Fsp3) is 0.294. The highest BCUT2D eigenvalue weighted by Crippen LogP contribution is 2.25. The zero-order valence-electron chi connectivity index (χ0n) is 12.2. The smallest absolute Gasteiger partial charge is 0.140 e. The highest BCUT2D eigenvalue weighted by atomic mass is 16.3. The third kappa shape index (κ3) is 2.38. The Hall–Kier alpha value is -2.24. The quantitative estimate of drug-likeness (QED) is 0.773. The first kappa shape index (κ1) is 13.4. The van der Waals surface area contributed by atoms with Crippen LogP contribution in [0.2, 0.25) is 0 Å². The van der Waals surface area contributed by atoms with E-state index in [1.54, 1.807) is 12.4 Å². The summed E-state index contributed by atoms with van der Waals surface area (Å²) in [6.07, 6.45) is 6.28. The highest BCUT2D eigenvalue weighted by molar-refractivity contribution is 5.83. The van der Waals surface area contributed by atoms with Crippen LogP contribution in [-0.4, -0.2) is 38.3 Å². The second-order valence-electron chi connectivity index (χ2n) is 5.94. The van der Waals surface area contributed by atoms with Crippen molar-refractivity contribution < 1.29 is 5.11 Å². The Morgan fingerprint density at radius 3 is 3.05 bits per heavy atom. The van der Waals surface area contributed by atoms with Gasteiger partial charge >= 0.3 is 0 Å². The predicted octanol–water partition coefficient (Wildman–Crippen LogP) is 1.82. The van der Waals surface area contributed by atoms with E-state index >= 15 is 0 Å². The van der Waals surface area contributed by atoms with Crippen LogP contribution in [0.5, 0.6) is 0 Å². The first-order chi connectivity index (χ1) is 10.7. The molecule has 0 saturated carbocycles. The van der Waals surface area contributed by atoms with Crippen LogP contribution in [0.1, 0.15) is 6.42 Å². The van der Waals surface area contributed by atoms with Crippen LogP contribution in [0.3, 0.4) is 0 Å². The van der Waals surface area contributed by atoms with Crippen molar-refractivity contribution in [2.75, 3.05) is 13.1 Å². The van der Waals surface area contributed by atoms with Crippen molar-refractivity contribution in [2.24, 2.45) is 0 Å². The van der Waals surface area contributed by atoms with E-state index in [4.69, 9.17) is 0 Å². The minimum absolute atomic E-state index is 0.556. The lowest BCUT2D eigenvalue weighted by Crippen LogP contribution is -2.36. The van der Waals surface area contributed by atoms with E-state index in [0.717, 1.165) is 35.3 Å². The topological polar surface area (TPSA) is 63.0 Å². The molecule has 1 saturated heterocycles. The number of pyridine rings is 1. The Morgan fingerprint density at radius 1 is 1.23 bits per heavy atom. The van der Waals surface area contributed by atoms with Crippen LogP contribution in [0.25, 0.3) is 22.3 Å². The molecule has 3 heterocycles. The molecular formula is C17H18N4O. The van der Waals surface area contributed by atoms with E-state index < -0.39 is 5.60 Å². The van der Waals surface area contributed by atoms with Gasteiger partial charge in [0.25, 0.3) is 0 Å². The average Bonchev–Trinajstić information content (AvgIpc) is 3.16. The van der Waals surface area contributed by atoms with Crippen molar-refractivity contribution in [3.05, 3.63) is 48.9 Å². The summed E-state index contributed by atoms with van der Waals surface area (Å²) in [5.41, 5.74) is 1.33. The van der Waals surface area contributed by atoms with Gasteiger partial charge < -0.3 is 15.0 Å². The molecule has 22 heavy (non-hydrogen) atoms. The number of benzene rings is 1. The van der Waals surface area contributed by atoms with Gasteiger partial charge in [-0.25, -0.2) is 4.98 Å². The predicted molar refractivity (Wildman–Crippen MR) is 85.4 cm³/mol. The molecule has 1 aromatic carbocycles. The molecule has 1 fully saturated rings. The molecule has 0 bridgehead atoms. The van der Waals surface area contributed by atoms with Gasteiger partial charge in [0.15, 0.2) is 0 Å². The summed E-state index contributed by atoms with van der Waals surface area (Å²) in [7, 11) is 0. The summed E-state index contributed by atoms with van der Waals surface area (Å²) < 4.78 is 2.03. The Kier molecular flexibility index (Phi) is 3.17. The summed E-state index contributed by atoms with van der Waals surface area (Å²) >= 11 is 0. The molecule has 2 aromatic heterocycles. The van der Waals surface area contributed by atoms with Crippen molar-refractivity contribution in [3.8, 4) is 11.4 Å². The van der Waals surface area contributed by atoms with E-state index in [-0.39, 0.29) is 0 Å². The first-order valence-electron chi connectivity index (χ1n) is 7.53. The maximum absolute atomic E-state index is 10.6. The molecule has 112 valence electrons. The van der Waals surface area contributed by atoms with Crippen LogP contribution < -0.4 is 5.32 Å². The van der Waals surface area contributed by atoms with Crippen LogP contribution in [0.15, 0.2) is 48.9 Å². The number of rotatable bonds is 3. The van der Waals surface area contributed by atoms with Crippen LogP contribution >= 0.6 is 0 Å². The number of nitrogens with one attached hydrogen (secondary N) is 1. The number of fused-ring (bicyclic) bond motifs is 1. The summed E-state index contributed by atoms with van der Waals surface area (Å²) in [5, 5.41) is 14.9. The molecule has 1 atom stereocenters. The van der Waals surface area contributed by atoms with Gasteiger partial charge in [-0.15, -0.1) is 0 Å². The monoisotopic (exact) mass is 294 g/mol. The second kappa shape index (κ2) is 5.19. The second-order valence-corrected chi connectivity index (χ2v) is 5.94. The molecule has 0 spiro atoms. The summed E-state index contributed by atoms with van der Waals surface area (Å²) in [4.78, 5) is 8.82. The van der Waals surface area contributed by atoms with E-state index in [1.807, 2.05) is 35.0 Å². The van der Waals surface area contributed by atoms with Gasteiger partial charge in [0.1, 0.15) is 5.82 Å². The molecule has 5 nitrogen and oxygen atoms in total. The van der Waals surface area contributed by atoms with Crippen molar-refractivity contribution in [2.45, 2.75) is 18.6 Å². The third-order valence-electron chi connectivity index (χ3n) is 4.26. The number of imidazole rings is 1. The number of nitrogens with zero attached hydrogens (tertiary/aromatic N) is 3. The molecule has 4 rings (SSSR count). The van der Waals surface area contributed by atoms with Crippen molar-refractivity contribution in [3.63, 3.8) is 0 Å². The van der Waals surface area contributed by atoms with E-state index in [9.17, 15) is 5.11 Å². The number of hydrogen-bond acceptors (Lipinski definition) is 4. The molecule has 0 amide bonds. The fourth-order valence-corrected chi connectivity index (χ4v) is 3.09. The Labute approximate surface area is 128 Å². The van der Waals surface area contributed by atoms with Crippen LogP contribution in [0, 0.1) is 0 Å². The lowest BCUT2D eigenvalue weighted by molar-refractivity contribution is 0.0436. The molecule has 1 unspecified atom stereocenters. The maximum Gasteiger partial charge on any atom is 0.140 e. The van der Waals surface area contributed by atoms with Crippen molar-refractivity contribution in [1.29, 1.82) is 0 Å². The zero-order chi connectivity index (χ0) is 15.0. The Balaban J connectivity index is 1.71. The van der Waals surface area contributed by atoms with E-state index in [0.29, 0.717) is 13.1 Å². The lowest BCUT2D eigenvalue weighted by Gasteiger charge is -2.23. The average molecular weight is 294 g/mol. The zero-order valence-corrected chi connectivity index (χ0v) is 12.2. The standard InChI is InChI=1S/C17H18N4O/c22-17(5-7-18-11-17)12-21-9-8-20-16(21)14-3-4-15-13(10-14)2-1-6-19-15/h1-4,6,8-10,18,22H,5,7,11-12H2. The minimum atomic E-state index is -0.687. The van der Waals surface area contributed by atoms with Crippen LogP contribution in [-0.2, 0) is 6.54 Å². The molecule has 5 heteroatoms. The first-order valence-corrected chi connectivity index (χ1v) is 7.53. The molecule has 1 aliphatic rings. The number of β-amino-alcohol motifs (C(OH)–C–C–N with tert-alkyl or cyclic N) is 1. The molecular weight excluding hydrogens is 276 g/mol.